The van der Waals surface area contributed by atoms with Crippen LogP contribution in [-0.2, 0) is 11.3 Å². The first-order chi connectivity index (χ1) is 11.5. The molecule has 0 bridgehead atoms. The third-order valence-electron chi connectivity index (χ3n) is 4.28. The monoisotopic (exact) mass is 338 g/mol. The van der Waals surface area contributed by atoms with E-state index < -0.39 is 0 Å². The van der Waals surface area contributed by atoms with Crippen LogP contribution in [0, 0.1) is 10.8 Å². The molecule has 25 heavy (non-hydrogen) atoms. The summed E-state index contributed by atoms with van der Waals surface area (Å²) in [5.74, 6) is 0.0282. The van der Waals surface area contributed by atoms with Gasteiger partial charge in [0, 0.05) is 12.6 Å². The quantitative estimate of drug-likeness (QED) is 0.574. The SMILES string of the molecule is CN(Cc1ccccc1)N=C1C=C(C(C)(C)C)C=C(C(C)(C)C)C1=O. The summed E-state index contributed by atoms with van der Waals surface area (Å²) in [6, 6.07) is 10.2. The molecule has 0 radical (unpaired) electrons. The van der Waals surface area contributed by atoms with Crippen molar-refractivity contribution in [3.63, 3.8) is 0 Å². The molecule has 1 aliphatic carbocycles. The molecule has 1 aromatic carbocycles. The Morgan fingerprint density at radius 3 is 2.04 bits per heavy atom. The van der Waals surface area contributed by atoms with Gasteiger partial charge in [0.2, 0.25) is 5.78 Å². The summed E-state index contributed by atoms with van der Waals surface area (Å²) in [5.41, 5.74) is 3.42. The number of Topliss-reactive ketones (excluding diaryl/α,β-unsaturated/α-hetero) is 1. The van der Waals surface area contributed by atoms with E-state index in [1.807, 2.05) is 36.3 Å². The first kappa shape index (κ1) is 19.2. The number of carbonyl (C=O) groups excluding carboxylic acids is 1. The van der Waals surface area contributed by atoms with Crippen molar-refractivity contribution < 1.29 is 4.79 Å². The highest BCUT2D eigenvalue weighted by Gasteiger charge is 2.32. The van der Waals surface area contributed by atoms with Gasteiger partial charge in [0.1, 0.15) is 5.71 Å². The van der Waals surface area contributed by atoms with Crippen LogP contribution < -0.4 is 0 Å². The average molecular weight is 338 g/mol. The minimum absolute atomic E-state index is 0.0282. The van der Waals surface area contributed by atoms with Gasteiger partial charge in [-0.05, 0) is 28.0 Å². The molecule has 0 atom stereocenters. The number of rotatable bonds is 3. The normalized spacial score (nSPS) is 17.4. The topological polar surface area (TPSA) is 32.7 Å². The summed E-state index contributed by atoms with van der Waals surface area (Å²) in [6.45, 7) is 13.4. The maximum atomic E-state index is 13.0. The fraction of sp³-hybridized carbons (Fsp3) is 0.455. The van der Waals surface area contributed by atoms with Gasteiger partial charge >= 0.3 is 0 Å². The van der Waals surface area contributed by atoms with E-state index in [4.69, 9.17) is 0 Å². The van der Waals surface area contributed by atoms with Crippen LogP contribution in [0.4, 0.5) is 0 Å². The predicted molar refractivity (Wildman–Crippen MR) is 105 cm³/mol. The van der Waals surface area contributed by atoms with E-state index >= 15 is 0 Å². The van der Waals surface area contributed by atoms with Crippen LogP contribution >= 0.6 is 0 Å². The van der Waals surface area contributed by atoms with Crippen LogP contribution in [-0.4, -0.2) is 23.6 Å². The largest absolute Gasteiger partial charge is 0.295 e. The standard InChI is InChI=1S/C22H30N2O/c1-21(2,3)17-13-18(22(4,5)6)20(25)19(14-17)23-24(7)15-16-11-9-8-10-12-16/h8-14H,15H2,1-7H3. The Labute approximate surface area is 152 Å². The number of carbonyl (C=O) groups is 1. The van der Waals surface area contributed by atoms with Gasteiger partial charge in [0.05, 0.1) is 6.54 Å². The van der Waals surface area contributed by atoms with E-state index in [1.54, 1.807) is 0 Å². The molecule has 2 rings (SSSR count). The molecule has 0 unspecified atom stereocenters. The van der Waals surface area contributed by atoms with E-state index in [-0.39, 0.29) is 16.6 Å². The minimum atomic E-state index is -0.208. The zero-order valence-electron chi connectivity index (χ0n) is 16.6. The van der Waals surface area contributed by atoms with E-state index in [0.29, 0.717) is 12.3 Å². The summed E-state index contributed by atoms with van der Waals surface area (Å²) in [5, 5.41) is 6.46. The van der Waals surface area contributed by atoms with Crippen LogP contribution in [0.5, 0.6) is 0 Å². The van der Waals surface area contributed by atoms with E-state index in [1.165, 1.54) is 5.56 Å². The maximum absolute atomic E-state index is 13.0. The predicted octanol–water partition coefficient (Wildman–Crippen LogP) is 5.00. The van der Waals surface area contributed by atoms with Gasteiger partial charge < -0.3 is 0 Å². The second kappa shape index (κ2) is 6.99. The second-order valence-electron chi connectivity index (χ2n) is 8.77. The van der Waals surface area contributed by atoms with Gasteiger partial charge in [-0.2, -0.15) is 5.10 Å². The van der Waals surface area contributed by atoms with Crippen molar-refractivity contribution in [2.24, 2.45) is 15.9 Å². The Bertz CT molecular complexity index is 726. The maximum Gasteiger partial charge on any atom is 0.209 e. The molecule has 0 saturated heterocycles. The third-order valence-corrected chi connectivity index (χ3v) is 4.28. The lowest BCUT2D eigenvalue weighted by molar-refractivity contribution is -0.110. The van der Waals surface area contributed by atoms with Crippen molar-refractivity contribution in [3.8, 4) is 0 Å². The highest BCUT2D eigenvalue weighted by atomic mass is 16.1. The summed E-state index contributed by atoms with van der Waals surface area (Å²) in [4.78, 5) is 13.0. The molecule has 0 amide bonds. The Morgan fingerprint density at radius 2 is 1.52 bits per heavy atom. The van der Waals surface area contributed by atoms with E-state index in [9.17, 15) is 4.79 Å². The first-order valence-electron chi connectivity index (χ1n) is 8.81. The molecule has 134 valence electrons. The van der Waals surface area contributed by atoms with E-state index in [2.05, 4.69) is 64.9 Å². The molecular weight excluding hydrogens is 308 g/mol. The van der Waals surface area contributed by atoms with Crippen LogP contribution in [0.1, 0.15) is 47.1 Å². The fourth-order valence-electron chi connectivity index (χ4n) is 2.74. The number of ketones is 1. The summed E-state index contributed by atoms with van der Waals surface area (Å²) < 4.78 is 0. The zero-order valence-corrected chi connectivity index (χ0v) is 16.6. The van der Waals surface area contributed by atoms with Gasteiger partial charge in [0.25, 0.3) is 0 Å². The highest BCUT2D eigenvalue weighted by molar-refractivity contribution is 6.50. The van der Waals surface area contributed by atoms with Crippen molar-refractivity contribution >= 4 is 11.5 Å². The Balaban J connectivity index is 2.37. The van der Waals surface area contributed by atoms with Gasteiger partial charge in [-0.3, -0.25) is 9.80 Å². The zero-order chi connectivity index (χ0) is 18.8. The lowest BCUT2D eigenvalue weighted by Gasteiger charge is -2.30. The molecule has 0 saturated carbocycles. The van der Waals surface area contributed by atoms with Gasteiger partial charge in [-0.15, -0.1) is 0 Å². The van der Waals surface area contributed by atoms with Crippen LogP contribution in [0.15, 0.2) is 58.7 Å². The third kappa shape index (κ3) is 4.91. The van der Waals surface area contributed by atoms with Crippen molar-refractivity contribution in [2.45, 2.75) is 48.1 Å². The number of nitrogens with zero attached hydrogens (tertiary/aromatic N) is 2. The molecular formula is C22H30N2O. The number of hydrogen-bond acceptors (Lipinski definition) is 3. The summed E-state index contributed by atoms with van der Waals surface area (Å²) in [6.07, 6.45) is 4.00. The van der Waals surface area contributed by atoms with Gasteiger partial charge in [-0.1, -0.05) is 78.0 Å². The van der Waals surface area contributed by atoms with Gasteiger partial charge in [0.15, 0.2) is 0 Å². The second-order valence-corrected chi connectivity index (χ2v) is 8.77. The number of benzene rings is 1. The van der Waals surface area contributed by atoms with Crippen molar-refractivity contribution in [3.05, 3.63) is 59.2 Å². The summed E-state index contributed by atoms with van der Waals surface area (Å²) in [7, 11) is 1.91. The first-order valence-corrected chi connectivity index (χ1v) is 8.81. The fourth-order valence-corrected chi connectivity index (χ4v) is 2.74. The highest BCUT2D eigenvalue weighted by Crippen LogP contribution is 2.36. The lowest BCUT2D eigenvalue weighted by Crippen LogP contribution is -2.30. The molecule has 1 aliphatic rings. The van der Waals surface area contributed by atoms with E-state index in [0.717, 1.165) is 11.1 Å². The number of hydrazone groups is 1. The Hall–Kier alpha value is -2.16. The molecule has 0 spiro atoms. The molecule has 1 aromatic rings. The molecule has 3 heteroatoms. The Kier molecular flexibility index (Phi) is 5.36. The van der Waals surface area contributed by atoms with Crippen molar-refractivity contribution in [1.29, 1.82) is 0 Å². The Morgan fingerprint density at radius 1 is 0.920 bits per heavy atom. The smallest absolute Gasteiger partial charge is 0.209 e. The molecule has 0 fully saturated rings. The molecule has 0 aromatic heterocycles. The number of allylic oxidation sites excluding steroid dienone is 4. The summed E-state index contributed by atoms with van der Waals surface area (Å²) >= 11 is 0. The van der Waals surface area contributed by atoms with Crippen molar-refractivity contribution in [2.75, 3.05) is 7.05 Å². The molecule has 0 N–H and O–H groups in total. The van der Waals surface area contributed by atoms with Gasteiger partial charge in [-0.25, -0.2) is 0 Å². The van der Waals surface area contributed by atoms with Crippen molar-refractivity contribution in [1.82, 2.24) is 5.01 Å². The average Bonchev–Trinajstić information content (AvgIpc) is 2.48. The molecule has 0 heterocycles. The van der Waals surface area contributed by atoms with Crippen LogP contribution in [0.25, 0.3) is 0 Å². The van der Waals surface area contributed by atoms with Crippen LogP contribution in [0.3, 0.4) is 0 Å². The number of hydrogen-bond donors (Lipinski definition) is 0. The molecule has 0 aliphatic heterocycles. The minimum Gasteiger partial charge on any atom is -0.295 e. The van der Waals surface area contributed by atoms with Crippen LogP contribution in [0.2, 0.25) is 0 Å². The molecule has 3 nitrogen and oxygen atoms in total. The lowest BCUT2D eigenvalue weighted by atomic mass is 9.74.